The molecule has 17 heavy (non-hydrogen) atoms. The molecular formula is C10H11N7. The van der Waals surface area contributed by atoms with E-state index >= 15 is 0 Å². The number of nitrogens with zero attached hydrogens (tertiary/aromatic N) is 5. The van der Waals surface area contributed by atoms with Gasteiger partial charge in [-0.1, -0.05) is 0 Å². The third kappa shape index (κ3) is 1.43. The summed E-state index contributed by atoms with van der Waals surface area (Å²) in [5.74, 6) is 0.844. The molecule has 7 nitrogen and oxygen atoms in total. The average molecular weight is 229 g/mol. The lowest BCUT2D eigenvalue weighted by atomic mass is 10.3. The minimum atomic E-state index is 0.198. The number of hydrogen-bond acceptors (Lipinski definition) is 5. The van der Waals surface area contributed by atoms with Gasteiger partial charge < -0.3 is 5.73 Å². The molecule has 3 aromatic rings. The first kappa shape index (κ1) is 9.76. The number of aromatic nitrogens is 6. The summed E-state index contributed by atoms with van der Waals surface area (Å²) in [6.45, 7) is 3.89. The molecule has 3 N–H and O–H groups in total. The number of nitrogens with two attached hydrogens (primary N) is 1. The number of H-pyrrole nitrogens is 1. The molecule has 3 heterocycles. The second-order valence-electron chi connectivity index (χ2n) is 3.88. The van der Waals surface area contributed by atoms with Crippen LogP contribution in [0.2, 0.25) is 0 Å². The van der Waals surface area contributed by atoms with Crippen molar-refractivity contribution in [2.24, 2.45) is 0 Å². The van der Waals surface area contributed by atoms with Crippen LogP contribution in [0.15, 0.2) is 12.3 Å². The van der Waals surface area contributed by atoms with Crippen LogP contribution < -0.4 is 5.73 Å². The fourth-order valence-corrected chi connectivity index (χ4v) is 1.84. The third-order valence-corrected chi connectivity index (χ3v) is 2.52. The summed E-state index contributed by atoms with van der Waals surface area (Å²) in [7, 11) is 0. The molecule has 0 aliphatic heterocycles. The molecule has 7 heteroatoms. The van der Waals surface area contributed by atoms with E-state index in [0.29, 0.717) is 11.5 Å². The number of anilines is 1. The van der Waals surface area contributed by atoms with Gasteiger partial charge in [0.25, 0.3) is 0 Å². The van der Waals surface area contributed by atoms with E-state index in [2.05, 4.69) is 25.3 Å². The van der Waals surface area contributed by atoms with E-state index < -0.39 is 0 Å². The van der Waals surface area contributed by atoms with E-state index in [1.165, 1.54) is 0 Å². The lowest BCUT2D eigenvalue weighted by Crippen LogP contribution is -2.06. The summed E-state index contributed by atoms with van der Waals surface area (Å²) in [5, 5.41) is 11.9. The fraction of sp³-hybridized carbons (Fsp3) is 0.200. The van der Waals surface area contributed by atoms with Crippen LogP contribution in [0.4, 0.5) is 5.95 Å². The Balaban J connectivity index is 2.36. The quantitative estimate of drug-likeness (QED) is 0.641. The second-order valence-corrected chi connectivity index (χ2v) is 3.88. The molecule has 0 unspecified atom stereocenters. The maximum atomic E-state index is 5.67. The highest BCUT2D eigenvalue weighted by molar-refractivity contribution is 5.82. The van der Waals surface area contributed by atoms with E-state index in [9.17, 15) is 0 Å². The molecule has 0 saturated carbocycles. The molecule has 0 aliphatic rings. The topological polar surface area (TPSA) is 98.3 Å². The maximum absolute atomic E-state index is 5.67. The Morgan fingerprint density at radius 2 is 2.12 bits per heavy atom. The van der Waals surface area contributed by atoms with Gasteiger partial charge in [-0.05, 0) is 19.9 Å². The van der Waals surface area contributed by atoms with Crippen molar-refractivity contribution in [1.29, 1.82) is 0 Å². The third-order valence-electron chi connectivity index (χ3n) is 2.52. The van der Waals surface area contributed by atoms with Crippen molar-refractivity contribution in [3.8, 4) is 5.82 Å². The van der Waals surface area contributed by atoms with Gasteiger partial charge in [-0.25, -0.2) is 4.68 Å². The largest absolute Gasteiger partial charge is 0.368 e. The van der Waals surface area contributed by atoms with E-state index in [1.54, 1.807) is 10.9 Å². The number of aromatic amines is 1. The zero-order valence-corrected chi connectivity index (χ0v) is 9.47. The highest BCUT2D eigenvalue weighted by Gasteiger charge is 2.12. The van der Waals surface area contributed by atoms with Crippen molar-refractivity contribution in [3.05, 3.63) is 23.7 Å². The van der Waals surface area contributed by atoms with Crippen molar-refractivity contribution in [3.63, 3.8) is 0 Å². The minimum Gasteiger partial charge on any atom is -0.368 e. The fourth-order valence-electron chi connectivity index (χ4n) is 1.84. The van der Waals surface area contributed by atoms with Gasteiger partial charge in [0.05, 0.1) is 17.3 Å². The average Bonchev–Trinajstić information content (AvgIpc) is 2.83. The minimum absolute atomic E-state index is 0.198. The summed E-state index contributed by atoms with van der Waals surface area (Å²) in [4.78, 5) is 8.29. The molecule has 0 amide bonds. The van der Waals surface area contributed by atoms with Gasteiger partial charge in [-0.3, -0.25) is 5.10 Å². The molecule has 0 atom stereocenters. The monoisotopic (exact) mass is 229 g/mol. The van der Waals surface area contributed by atoms with Crippen molar-refractivity contribution >= 4 is 17.0 Å². The predicted octanol–water partition coefficient (Wildman–Crippen LogP) is 0.738. The molecule has 0 aromatic carbocycles. The highest BCUT2D eigenvalue weighted by Crippen LogP contribution is 2.19. The van der Waals surface area contributed by atoms with E-state index in [0.717, 1.165) is 16.8 Å². The molecule has 0 radical (unpaired) electrons. The molecule has 86 valence electrons. The highest BCUT2D eigenvalue weighted by atomic mass is 15.3. The van der Waals surface area contributed by atoms with Crippen LogP contribution in [-0.4, -0.2) is 29.9 Å². The summed E-state index contributed by atoms with van der Waals surface area (Å²) in [6.07, 6.45) is 1.67. The SMILES string of the molecule is Cc1cc(C)n(-c2nc(N)nc3[nH]ncc23)n1. The number of fused-ring (bicyclic) bond motifs is 1. The molecule has 3 rings (SSSR count). The molecule has 0 bridgehead atoms. The molecule has 0 saturated heterocycles. The van der Waals surface area contributed by atoms with E-state index in [1.807, 2.05) is 19.9 Å². The second kappa shape index (κ2) is 3.27. The van der Waals surface area contributed by atoms with Gasteiger partial charge >= 0.3 is 0 Å². The lowest BCUT2D eigenvalue weighted by Gasteiger charge is -2.04. The molecular weight excluding hydrogens is 218 g/mol. The lowest BCUT2D eigenvalue weighted by molar-refractivity contribution is 0.812. The Hall–Kier alpha value is -2.44. The standard InChI is InChI=1S/C10H11N7/c1-5-3-6(2)17(16-5)9-7-4-12-15-8(7)13-10(11)14-9/h3-4H,1-2H3,(H3,11,12,13,14,15). The Bertz CT molecular complexity index is 694. The van der Waals surface area contributed by atoms with Gasteiger partial charge in [0.15, 0.2) is 11.5 Å². The Kier molecular flexibility index (Phi) is 1.88. The summed E-state index contributed by atoms with van der Waals surface area (Å²) >= 11 is 0. The van der Waals surface area contributed by atoms with Gasteiger partial charge in [-0.15, -0.1) is 0 Å². The number of hydrogen-bond donors (Lipinski definition) is 2. The summed E-state index contributed by atoms with van der Waals surface area (Å²) in [5.41, 5.74) is 8.19. The van der Waals surface area contributed by atoms with Crippen molar-refractivity contribution in [2.45, 2.75) is 13.8 Å². The molecule has 0 spiro atoms. The molecule has 3 aromatic heterocycles. The van der Waals surface area contributed by atoms with Crippen molar-refractivity contribution in [1.82, 2.24) is 29.9 Å². The molecule has 0 fully saturated rings. The van der Waals surface area contributed by atoms with Crippen LogP contribution in [0.25, 0.3) is 16.9 Å². The number of aryl methyl sites for hydroxylation is 2. The van der Waals surface area contributed by atoms with Crippen molar-refractivity contribution < 1.29 is 0 Å². The number of nitrogen functional groups attached to an aromatic ring is 1. The van der Waals surface area contributed by atoms with Crippen LogP contribution in [0, 0.1) is 13.8 Å². The first-order valence-corrected chi connectivity index (χ1v) is 5.15. The first-order chi connectivity index (χ1) is 8.15. The van der Waals surface area contributed by atoms with Crippen LogP contribution in [0.1, 0.15) is 11.4 Å². The van der Waals surface area contributed by atoms with Crippen LogP contribution in [0.5, 0.6) is 0 Å². The number of nitrogens with one attached hydrogen (secondary N) is 1. The zero-order chi connectivity index (χ0) is 12.0. The predicted molar refractivity (Wildman–Crippen MR) is 62.7 cm³/mol. The van der Waals surface area contributed by atoms with Gasteiger partial charge in [0.1, 0.15) is 0 Å². The van der Waals surface area contributed by atoms with Crippen molar-refractivity contribution in [2.75, 3.05) is 5.73 Å². The normalized spacial score (nSPS) is 11.2. The number of rotatable bonds is 1. The van der Waals surface area contributed by atoms with Gasteiger partial charge in [-0.2, -0.15) is 20.2 Å². The Morgan fingerprint density at radius 3 is 2.82 bits per heavy atom. The maximum Gasteiger partial charge on any atom is 0.224 e. The van der Waals surface area contributed by atoms with Crippen LogP contribution >= 0.6 is 0 Å². The van der Waals surface area contributed by atoms with Crippen LogP contribution in [-0.2, 0) is 0 Å². The first-order valence-electron chi connectivity index (χ1n) is 5.15. The van der Waals surface area contributed by atoms with E-state index in [-0.39, 0.29) is 5.95 Å². The Morgan fingerprint density at radius 1 is 1.29 bits per heavy atom. The Labute approximate surface area is 96.7 Å². The molecule has 0 aliphatic carbocycles. The zero-order valence-electron chi connectivity index (χ0n) is 9.47. The smallest absolute Gasteiger partial charge is 0.224 e. The van der Waals surface area contributed by atoms with Crippen LogP contribution in [0.3, 0.4) is 0 Å². The van der Waals surface area contributed by atoms with E-state index in [4.69, 9.17) is 5.73 Å². The van der Waals surface area contributed by atoms with Gasteiger partial charge in [0, 0.05) is 5.69 Å². The summed E-state index contributed by atoms with van der Waals surface area (Å²) < 4.78 is 1.74. The summed E-state index contributed by atoms with van der Waals surface area (Å²) in [6, 6.07) is 1.98. The van der Waals surface area contributed by atoms with Gasteiger partial charge in [0.2, 0.25) is 5.95 Å².